The maximum Gasteiger partial charge on any atom is 0.227 e. The van der Waals surface area contributed by atoms with Crippen molar-refractivity contribution in [3.8, 4) is 0 Å². The third kappa shape index (κ3) is 5.67. The predicted molar refractivity (Wildman–Crippen MR) is 61.5 cm³/mol. The van der Waals surface area contributed by atoms with E-state index in [0.717, 1.165) is 12.8 Å². The van der Waals surface area contributed by atoms with E-state index in [4.69, 9.17) is 5.73 Å². The zero-order valence-corrected chi connectivity index (χ0v) is 9.65. The molecular formula is C10H18N2O2S. The molecule has 3 N–H and O–H groups in total. The zero-order valence-electron chi connectivity index (χ0n) is 8.83. The summed E-state index contributed by atoms with van der Waals surface area (Å²) in [4.78, 5) is 21.8. The first-order valence-electron chi connectivity index (χ1n) is 5.34. The molecule has 0 aromatic heterocycles. The van der Waals surface area contributed by atoms with Crippen LogP contribution in [0.3, 0.4) is 0 Å². The van der Waals surface area contributed by atoms with Crippen molar-refractivity contribution in [3.63, 3.8) is 0 Å². The van der Waals surface area contributed by atoms with Gasteiger partial charge in [0.05, 0.1) is 5.75 Å². The molecule has 1 aliphatic carbocycles. The van der Waals surface area contributed by atoms with E-state index in [0.29, 0.717) is 24.0 Å². The quantitative estimate of drug-likeness (QED) is 0.658. The zero-order chi connectivity index (χ0) is 11.1. The standard InChI is InChI=1S/C10H18N2O2S/c11-9(13)7-15-6-5-10(14)12-8-3-1-2-4-8/h8H,1-7H2,(H2,11,13)(H,12,14). The minimum atomic E-state index is -0.323. The third-order valence-corrected chi connectivity index (χ3v) is 3.42. The molecule has 0 aromatic carbocycles. The number of thioether (sulfide) groups is 1. The number of hydrogen-bond donors (Lipinski definition) is 2. The number of rotatable bonds is 6. The van der Waals surface area contributed by atoms with Crippen LogP contribution in [-0.2, 0) is 9.59 Å². The summed E-state index contributed by atoms with van der Waals surface area (Å²) in [6.45, 7) is 0. The van der Waals surface area contributed by atoms with Crippen molar-refractivity contribution < 1.29 is 9.59 Å². The molecule has 86 valence electrons. The lowest BCUT2D eigenvalue weighted by atomic mass is 10.2. The second kappa shape index (κ2) is 6.71. The Balaban J connectivity index is 2.00. The molecule has 0 bridgehead atoms. The van der Waals surface area contributed by atoms with E-state index in [1.165, 1.54) is 24.6 Å². The Kier molecular flexibility index (Phi) is 5.53. The number of carbonyl (C=O) groups is 2. The fourth-order valence-electron chi connectivity index (χ4n) is 1.71. The van der Waals surface area contributed by atoms with Crippen LogP contribution in [0.1, 0.15) is 32.1 Å². The average molecular weight is 230 g/mol. The molecule has 4 nitrogen and oxygen atoms in total. The van der Waals surface area contributed by atoms with Crippen LogP contribution in [0.15, 0.2) is 0 Å². The Bertz CT molecular complexity index is 227. The lowest BCUT2D eigenvalue weighted by molar-refractivity contribution is -0.121. The molecule has 0 saturated heterocycles. The highest BCUT2D eigenvalue weighted by Crippen LogP contribution is 2.17. The lowest BCUT2D eigenvalue weighted by Crippen LogP contribution is -2.32. The molecule has 1 aliphatic rings. The van der Waals surface area contributed by atoms with E-state index in [-0.39, 0.29) is 11.8 Å². The summed E-state index contributed by atoms with van der Waals surface area (Å²) in [5, 5.41) is 3.00. The minimum Gasteiger partial charge on any atom is -0.369 e. The van der Waals surface area contributed by atoms with Crippen LogP contribution in [0.2, 0.25) is 0 Å². The van der Waals surface area contributed by atoms with E-state index in [9.17, 15) is 9.59 Å². The van der Waals surface area contributed by atoms with E-state index in [1.807, 2.05) is 0 Å². The first-order valence-corrected chi connectivity index (χ1v) is 6.49. The molecule has 0 aliphatic heterocycles. The van der Waals surface area contributed by atoms with Gasteiger partial charge in [-0.1, -0.05) is 12.8 Å². The summed E-state index contributed by atoms with van der Waals surface area (Å²) < 4.78 is 0. The highest BCUT2D eigenvalue weighted by Gasteiger charge is 2.16. The fraction of sp³-hybridized carbons (Fsp3) is 0.800. The maximum absolute atomic E-state index is 11.4. The Morgan fingerprint density at radius 2 is 2.00 bits per heavy atom. The first kappa shape index (κ1) is 12.4. The molecule has 0 radical (unpaired) electrons. The summed E-state index contributed by atoms with van der Waals surface area (Å²) >= 11 is 1.41. The molecule has 0 heterocycles. The summed E-state index contributed by atoms with van der Waals surface area (Å²) in [6.07, 6.45) is 5.15. The van der Waals surface area contributed by atoms with Crippen LogP contribution in [-0.4, -0.2) is 29.4 Å². The van der Waals surface area contributed by atoms with E-state index >= 15 is 0 Å². The van der Waals surface area contributed by atoms with Gasteiger partial charge >= 0.3 is 0 Å². The Morgan fingerprint density at radius 3 is 2.60 bits per heavy atom. The number of hydrogen-bond acceptors (Lipinski definition) is 3. The topological polar surface area (TPSA) is 72.2 Å². The van der Waals surface area contributed by atoms with Crippen molar-refractivity contribution in [2.75, 3.05) is 11.5 Å². The molecule has 2 amide bonds. The maximum atomic E-state index is 11.4. The van der Waals surface area contributed by atoms with Gasteiger partial charge < -0.3 is 11.1 Å². The number of carbonyl (C=O) groups excluding carboxylic acids is 2. The highest BCUT2D eigenvalue weighted by atomic mass is 32.2. The predicted octanol–water partition coefficient (Wildman–Crippen LogP) is 0.654. The molecule has 0 spiro atoms. The van der Waals surface area contributed by atoms with E-state index < -0.39 is 0 Å². The van der Waals surface area contributed by atoms with Crippen molar-refractivity contribution in [1.82, 2.24) is 5.32 Å². The van der Waals surface area contributed by atoms with Crippen molar-refractivity contribution >= 4 is 23.6 Å². The number of nitrogens with one attached hydrogen (secondary N) is 1. The van der Waals surface area contributed by atoms with Crippen LogP contribution < -0.4 is 11.1 Å². The molecule has 15 heavy (non-hydrogen) atoms. The normalized spacial score (nSPS) is 16.5. The van der Waals surface area contributed by atoms with Crippen LogP contribution >= 0.6 is 11.8 Å². The summed E-state index contributed by atoms with van der Waals surface area (Å²) in [7, 11) is 0. The highest BCUT2D eigenvalue weighted by molar-refractivity contribution is 7.99. The number of amides is 2. The average Bonchev–Trinajstić information content (AvgIpc) is 2.64. The van der Waals surface area contributed by atoms with Crippen LogP contribution in [0.5, 0.6) is 0 Å². The second-order valence-electron chi connectivity index (χ2n) is 3.82. The van der Waals surface area contributed by atoms with Crippen molar-refractivity contribution in [2.24, 2.45) is 5.73 Å². The van der Waals surface area contributed by atoms with Crippen LogP contribution in [0, 0.1) is 0 Å². The van der Waals surface area contributed by atoms with Crippen LogP contribution in [0.25, 0.3) is 0 Å². The SMILES string of the molecule is NC(=O)CSCCC(=O)NC1CCCC1. The number of nitrogens with two attached hydrogens (primary N) is 1. The summed E-state index contributed by atoms with van der Waals surface area (Å²) in [5.74, 6) is 0.744. The molecular weight excluding hydrogens is 212 g/mol. The number of primary amides is 1. The smallest absolute Gasteiger partial charge is 0.227 e. The first-order chi connectivity index (χ1) is 7.18. The van der Waals surface area contributed by atoms with Gasteiger partial charge in [0.15, 0.2) is 0 Å². The van der Waals surface area contributed by atoms with Gasteiger partial charge in [-0.25, -0.2) is 0 Å². The Labute approximate surface area is 94.4 Å². The Hall–Kier alpha value is -0.710. The van der Waals surface area contributed by atoms with Gasteiger partial charge in [-0.2, -0.15) is 11.8 Å². The summed E-state index contributed by atoms with van der Waals surface area (Å²) in [6, 6.07) is 0.388. The third-order valence-electron chi connectivity index (χ3n) is 2.44. The van der Waals surface area contributed by atoms with E-state index in [1.54, 1.807) is 0 Å². The van der Waals surface area contributed by atoms with Gasteiger partial charge in [-0.05, 0) is 12.8 Å². The van der Waals surface area contributed by atoms with E-state index in [2.05, 4.69) is 5.32 Å². The van der Waals surface area contributed by atoms with Crippen molar-refractivity contribution in [3.05, 3.63) is 0 Å². The summed E-state index contributed by atoms with van der Waals surface area (Å²) in [5.41, 5.74) is 4.98. The molecule has 0 atom stereocenters. The van der Waals surface area contributed by atoms with Gasteiger partial charge in [0.2, 0.25) is 11.8 Å². The van der Waals surface area contributed by atoms with Gasteiger partial charge in [0.1, 0.15) is 0 Å². The van der Waals surface area contributed by atoms with Gasteiger partial charge in [0.25, 0.3) is 0 Å². The molecule has 5 heteroatoms. The Morgan fingerprint density at radius 1 is 1.33 bits per heavy atom. The fourth-order valence-corrected chi connectivity index (χ4v) is 2.38. The van der Waals surface area contributed by atoms with Crippen LogP contribution in [0.4, 0.5) is 0 Å². The molecule has 1 fully saturated rings. The van der Waals surface area contributed by atoms with Crippen molar-refractivity contribution in [1.29, 1.82) is 0 Å². The van der Waals surface area contributed by atoms with Crippen molar-refractivity contribution in [2.45, 2.75) is 38.1 Å². The lowest BCUT2D eigenvalue weighted by Gasteiger charge is -2.11. The second-order valence-corrected chi connectivity index (χ2v) is 4.92. The molecule has 1 rings (SSSR count). The molecule has 1 saturated carbocycles. The van der Waals surface area contributed by atoms with Gasteiger partial charge in [-0.3, -0.25) is 9.59 Å². The monoisotopic (exact) mass is 230 g/mol. The minimum absolute atomic E-state index is 0.0962. The largest absolute Gasteiger partial charge is 0.369 e. The van der Waals surface area contributed by atoms with Gasteiger partial charge in [0, 0.05) is 18.2 Å². The molecule has 0 unspecified atom stereocenters. The molecule has 0 aromatic rings. The van der Waals surface area contributed by atoms with Gasteiger partial charge in [-0.15, -0.1) is 0 Å².